The van der Waals surface area contributed by atoms with E-state index in [0.29, 0.717) is 43.6 Å². The molecule has 2 aliphatic heterocycles. The minimum absolute atomic E-state index is 0.109. The standard InChI is InChI=1S/C21H26N4O5/c1-28-11-16-10-25(23-22-16)17-6-14-8-24(9-15(14)7-18(17)26)21(27)5-13-2-3-19-20(4-13)30-12-29-19/h2-4,10,14-15,17-18,26H,5-9,11-12H2,1H3/t14-,15+,17-,18-/m1/s1. The molecule has 0 unspecified atom stereocenters. The van der Waals surface area contributed by atoms with E-state index in [2.05, 4.69) is 10.3 Å². The van der Waals surface area contributed by atoms with Gasteiger partial charge in [0.2, 0.25) is 12.7 Å². The molecule has 9 nitrogen and oxygen atoms in total. The minimum Gasteiger partial charge on any atom is -0.454 e. The third kappa shape index (κ3) is 3.63. The highest BCUT2D eigenvalue weighted by Crippen LogP contribution is 2.41. The number of carbonyl (C=O) groups is 1. The van der Waals surface area contributed by atoms with E-state index in [-0.39, 0.29) is 18.7 Å². The monoisotopic (exact) mass is 414 g/mol. The molecule has 0 radical (unpaired) electrons. The zero-order valence-electron chi connectivity index (χ0n) is 16.9. The molecule has 1 N–H and O–H groups in total. The fraction of sp³-hybridized carbons (Fsp3) is 0.571. The Kier molecular flexibility index (Phi) is 5.08. The van der Waals surface area contributed by atoms with Crippen LogP contribution in [0.15, 0.2) is 24.4 Å². The van der Waals surface area contributed by atoms with Crippen LogP contribution in [0.3, 0.4) is 0 Å². The summed E-state index contributed by atoms with van der Waals surface area (Å²) in [5.74, 6) is 2.20. The van der Waals surface area contributed by atoms with Crippen molar-refractivity contribution in [3.8, 4) is 11.5 Å². The molecule has 0 bridgehead atoms. The largest absolute Gasteiger partial charge is 0.454 e. The van der Waals surface area contributed by atoms with E-state index >= 15 is 0 Å². The Balaban J connectivity index is 1.22. The van der Waals surface area contributed by atoms with Crippen molar-refractivity contribution in [3.05, 3.63) is 35.7 Å². The van der Waals surface area contributed by atoms with E-state index in [1.807, 2.05) is 29.3 Å². The number of likely N-dealkylation sites (tertiary alicyclic amines) is 1. The normalized spacial score (nSPS) is 27.3. The van der Waals surface area contributed by atoms with Gasteiger partial charge >= 0.3 is 0 Å². The fourth-order valence-corrected chi connectivity index (χ4v) is 4.92. The van der Waals surface area contributed by atoms with Crippen LogP contribution in [0.5, 0.6) is 11.5 Å². The molecule has 1 saturated carbocycles. The van der Waals surface area contributed by atoms with Gasteiger partial charge in [0.05, 0.1) is 31.4 Å². The second-order valence-corrected chi connectivity index (χ2v) is 8.41. The van der Waals surface area contributed by atoms with Gasteiger partial charge in [0, 0.05) is 20.2 Å². The molecule has 1 aromatic heterocycles. The summed E-state index contributed by atoms with van der Waals surface area (Å²) >= 11 is 0. The Morgan fingerprint density at radius 2 is 2.03 bits per heavy atom. The van der Waals surface area contributed by atoms with Gasteiger partial charge in [-0.2, -0.15) is 0 Å². The van der Waals surface area contributed by atoms with Crippen LogP contribution in [0, 0.1) is 11.8 Å². The van der Waals surface area contributed by atoms with Crippen molar-refractivity contribution in [3.63, 3.8) is 0 Å². The Morgan fingerprint density at radius 1 is 1.23 bits per heavy atom. The lowest BCUT2D eigenvalue weighted by molar-refractivity contribution is -0.129. The first-order valence-electron chi connectivity index (χ1n) is 10.3. The highest BCUT2D eigenvalue weighted by molar-refractivity contribution is 5.79. The lowest BCUT2D eigenvalue weighted by Crippen LogP contribution is -2.36. The quantitative estimate of drug-likeness (QED) is 0.784. The van der Waals surface area contributed by atoms with Crippen LogP contribution in [0.2, 0.25) is 0 Å². The summed E-state index contributed by atoms with van der Waals surface area (Å²) in [6.07, 6.45) is 3.14. The lowest BCUT2D eigenvalue weighted by Gasteiger charge is -2.34. The van der Waals surface area contributed by atoms with Crippen molar-refractivity contribution in [1.29, 1.82) is 0 Å². The van der Waals surface area contributed by atoms with Gasteiger partial charge in [0.25, 0.3) is 0 Å². The summed E-state index contributed by atoms with van der Waals surface area (Å²) in [5.41, 5.74) is 1.67. The third-order valence-electron chi connectivity index (χ3n) is 6.44. The molecule has 30 heavy (non-hydrogen) atoms. The number of aromatic nitrogens is 3. The van der Waals surface area contributed by atoms with Crippen molar-refractivity contribution in [2.24, 2.45) is 11.8 Å². The van der Waals surface area contributed by atoms with Gasteiger partial charge < -0.3 is 24.2 Å². The number of aliphatic hydroxyl groups is 1. The first-order valence-corrected chi connectivity index (χ1v) is 10.3. The van der Waals surface area contributed by atoms with E-state index in [9.17, 15) is 9.90 Å². The summed E-state index contributed by atoms with van der Waals surface area (Å²) in [6.45, 7) is 2.04. The number of carbonyl (C=O) groups excluding carboxylic acids is 1. The van der Waals surface area contributed by atoms with E-state index < -0.39 is 6.10 Å². The maximum absolute atomic E-state index is 12.9. The summed E-state index contributed by atoms with van der Waals surface area (Å²) < 4.78 is 17.6. The first-order chi connectivity index (χ1) is 14.6. The summed E-state index contributed by atoms with van der Waals surface area (Å²) in [6, 6.07) is 5.53. The van der Waals surface area contributed by atoms with Crippen LogP contribution in [0.1, 0.15) is 30.1 Å². The molecule has 1 aromatic carbocycles. The van der Waals surface area contributed by atoms with E-state index in [1.54, 1.807) is 11.8 Å². The number of ether oxygens (including phenoxy) is 3. The van der Waals surface area contributed by atoms with Crippen molar-refractivity contribution in [2.45, 2.75) is 38.0 Å². The molecule has 1 aliphatic carbocycles. The molecule has 9 heteroatoms. The maximum Gasteiger partial charge on any atom is 0.231 e. The van der Waals surface area contributed by atoms with Crippen LogP contribution < -0.4 is 9.47 Å². The number of benzene rings is 1. The van der Waals surface area contributed by atoms with Crippen LogP contribution in [0.25, 0.3) is 0 Å². The number of amides is 1. The molecule has 0 spiro atoms. The Labute approximate surface area is 174 Å². The number of methoxy groups -OCH3 is 1. The van der Waals surface area contributed by atoms with E-state index in [4.69, 9.17) is 14.2 Å². The molecule has 3 heterocycles. The van der Waals surface area contributed by atoms with Gasteiger partial charge in [-0.1, -0.05) is 11.3 Å². The van der Waals surface area contributed by atoms with Crippen LogP contribution >= 0.6 is 0 Å². The number of hydrogen-bond donors (Lipinski definition) is 1. The minimum atomic E-state index is -0.493. The summed E-state index contributed by atoms with van der Waals surface area (Å²) in [4.78, 5) is 14.9. The van der Waals surface area contributed by atoms with Crippen LogP contribution in [-0.2, 0) is 22.6 Å². The average Bonchev–Trinajstić information content (AvgIpc) is 3.46. The Bertz CT molecular complexity index is 932. The number of aliphatic hydroxyl groups excluding tert-OH is 1. The summed E-state index contributed by atoms with van der Waals surface area (Å²) in [7, 11) is 1.62. The van der Waals surface area contributed by atoms with Gasteiger partial charge in [0.15, 0.2) is 11.5 Å². The van der Waals surface area contributed by atoms with Crippen LogP contribution in [-0.4, -0.2) is 64.0 Å². The number of nitrogens with zero attached hydrogens (tertiary/aromatic N) is 4. The molecule has 4 atom stereocenters. The topological polar surface area (TPSA) is 98.9 Å². The molecule has 1 amide bonds. The first kappa shape index (κ1) is 19.3. The van der Waals surface area contributed by atoms with Gasteiger partial charge in [-0.05, 0) is 42.4 Å². The molecule has 5 rings (SSSR count). The van der Waals surface area contributed by atoms with Crippen LogP contribution in [0.4, 0.5) is 0 Å². The predicted molar refractivity (Wildman–Crippen MR) is 105 cm³/mol. The highest BCUT2D eigenvalue weighted by atomic mass is 16.7. The lowest BCUT2D eigenvalue weighted by atomic mass is 9.77. The average molecular weight is 414 g/mol. The third-order valence-corrected chi connectivity index (χ3v) is 6.44. The number of fused-ring (bicyclic) bond motifs is 2. The fourth-order valence-electron chi connectivity index (χ4n) is 4.92. The summed E-state index contributed by atoms with van der Waals surface area (Å²) in [5, 5.41) is 19.0. The zero-order valence-corrected chi connectivity index (χ0v) is 16.9. The van der Waals surface area contributed by atoms with Gasteiger partial charge in [-0.3, -0.25) is 4.79 Å². The molecule has 3 aliphatic rings. The smallest absolute Gasteiger partial charge is 0.231 e. The van der Waals surface area contributed by atoms with Crippen molar-refractivity contribution >= 4 is 5.91 Å². The number of rotatable bonds is 5. The Morgan fingerprint density at radius 3 is 2.87 bits per heavy atom. The molecule has 160 valence electrons. The number of hydrogen-bond acceptors (Lipinski definition) is 7. The maximum atomic E-state index is 12.9. The van der Waals surface area contributed by atoms with Gasteiger partial charge in [-0.25, -0.2) is 4.68 Å². The SMILES string of the molecule is COCc1cn([C@@H]2C[C@@H]3CN(C(=O)Cc4ccc5c(c4)OCO5)C[C@@H]3C[C@H]2O)nn1. The molecular weight excluding hydrogens is 388 g/mol. The van der Waals surface area contributed by atoms with Gasteiger partial charge in [0.1, 0.15) is 5.69 Å². The van der Waals surface area contributed by atoms with Crippen molar-refractivity contribution in [2.75, 3.05) is 27.0 Å². The zero-order chi connectivity index (χ0) is 20.7. The Hall–Kier alpha value is -2.65. The van der Waals surface area contributed by atoms with E-state index in [1.165, 1.54) is 0 Å². The molecule has 2 aromatic rings. The van der Waals surface area contributed by atoms with Gasteiger partial charge in [-0.15, -0.1) is 5.10 Å². The van der Waals surface area contributed by atoms with Crippen molar-refractivity contribution < 1.29 is 24.1 Å². The molecule has 1 saturated heterocycles. The predicted octanol–water partition coefficient (Wildman–Crippen LogP) is 1.17. The molecular formula is C21H26N4O5. The molecule has 2 fully saturated rings. The highest BCUT2D eigenvalue weighted by Gasteiger charge is 2.43. The second-order valence-electron chi connectivity index (χ2n) is 8.41. The second kappa shape index (κ2) is 7.88. The van der Waals surface area contributed by atoms with Crippen molar-refractivity contribution in [1.82, 2.24) is 19.9 Å². The van der Waals surface area contributed by atoms with E-state index in [0.717, 1.165) is 30.0 Å².